The van der Waals surface area contributed by atoms with Crippen molar-refractivity contribution in [1.29, 1.82) is 5.26 Å². The standard InChI is InChI=1S/C11H22N2O2/c1-5-14-11(15-6-2)9-13(4)8-10(3)7-12/h10-11H,5-6,8-9H2,1-4H3. The van der Waals surface area contributed by atoms with E-state index < -0.39 is 0 Å². The van der Waals surface area contributed by atoms with E-state index in [1.54, 1.807) is 0 Å². The fraction of sp³-hybridized carbons (Fsp3) is 0.909. The van der Waals surface area contributed by atoms with E-state index >= 15 is 0 Å². The molecule has 1 atom stereocenters. The third-order valence-corrected chi connectivity index (χ3v) is 1.97. The lowest BCUT2D eigenvalue weighted by atomic mass is 10.2. The van der Waals surface area contributed by atoms with Crippen LogP contribution in [0.1, 0.15) is 20.8 Å². The highest BCUT2D eigenvalue weighted by atomic mass is 16.7. The minimum atomic E-state index is -0.184. The van der Waals surface area contributed by atoms with Crippen LogP contribution in [0.4, 0.5) is 0 Å². The maximum atomic E-state index is 8.69. The summed E-state index contributed by atoms with van der Waals surface area (Å²) in [6.07, 6.45) is -0.184. The van der Waals surface area contributed by atoms with Crippen LogP contribution in [0, 0.1) is 17.2 Å². The summed E-state index contributed by atoms with van der Waals surface area (Å²) >= 11 is 0. The maximum Gasteiger partial charge on any atom is 0.170 e. The quantitative estimate of drug-likeness (QED) is 0.574. The van der Waals surface area contributed by atoms with Crippen LogP contribution in [0.5, 0.6) is 0 Å². The number of likely N-dealkylation sites (N-methyl/N-ethyl adjacent to an activating group) is 1. The van der Waals surface area contributed by atoms with Gasteiger partial charge in [-0.2, -0.15) is 5.26 Å². The monoisotopic (exact) mass is 214 g/mol. The summed E-state index contributed by atoms with van der Waals surface area (Å²) in [5, 5.41) is 8.69. The Kier molecular flexibility index (Phi) is 8.30. The summed E-state index contributed by atoms with van der Waals surface area (Å²) in [7, 11) is 1.97. The van der Waals surface area contributed by atoms with Crippen LogP contribution in [0.2, 0.25) is 0 Å². The summed E-state index contributed by atoms with van der Waals surface area (Å²) < 4.78 is 10.8. The Morgan fingerprint density at radius 1 is 1.20 bits per heavy atom. The second-order valence-electron chi connectivity index (χ2n) is 3.59. The SMILES string of the molecule is CCOC(CN(C)CC(C)C#N)OCC. The molecular formula is C11H22N2O2. The summed E-state index contributed by atoms with van der Waals surface area (Å²) in [5.41, 5.74) is 0. The van der Waals surface area contributed by atoms with E-state index in [2.05, 4.69) is 11.0 Å². The van der Waals surface area contributed by atoms with Crippen LogP contribution >= 0.6 is 0 Å². The van der Waals surface area contributed by atoms with Crippen molar-refractivity contribution in [1.82, 2.24) is 4.90 Å². The zero-order valence-electron chi connectivity index (χ0n) is 10.2. The van der Waals surface area contributed by atoms with Crippen molar-refractivity contribution in [2.75, 3.05) is 33.4 Å². The van der Waals surface area contributed by atoms with Gasteiger partial charge in [-0.3, -0.25) is 0 Å². The Labute approximate surface area is 92.8 Å². The van der Waals surface area contributed by atoms with Crippen molar-refractivity contribution < 1.29 is 9.47 Å². The minimum absolute atomic E-state index is 0.0407. The van der Waals surface area contributed by atoms with E-state index in [-0.39, 0.29) is 12.2 Å². The fourth-order valence-electron chi connectivity index (χ4n) is 1.36. The van der Waals surface area contributed by atoms with Crippen LogP contribution in [-0.4, -0.2) is 44.5 Å². The predicted molar refractivity (Wildman–Crippen MR) is 59.3 cm³/mol. The highest BCUT2D eigenvalue weighted by Crippen LogP contribution is 2.01. The van der Waals surface area contributed by atoms with E-state index in [1.807, 2.05) is 27.8 Å². The van der Waals surface area contributed by atoms with Crippen molar-refractivity contribution in [2.45, 2.75) is 27.1 Å². The first-order valence-corrected chi connectivity index (χ1v) is 5.45. The smallest absolute Gasteiger partial charge is 0.170 e. The molecule has 0 rings (SSSR count). The van der Waals surface area contributed by atoms with E-state index in [0.717, 1.165) is 6.54 Å². The molecule has 88 valence electrons. The molecule has 0 saturated carbocycles. The second kappa shape index (κ2) is 8.66. The molecule has 0 aromatic heterocycles. The van der Waals surface area contributed by atoms with E-state index in [1.165, 1.54) is 0 Å². The molecule has 0 N–H and O–H groups in total. The lowest BCUT2D eigenvalue weighted by Crippen LogP contribution is -2.35. The molecule has 4 heteroatoms. The first-order chi connectivity index (χ1) is 7.13. The number of hydrogen-bond donors (Lipinski definition) is 0. The van der Waals surface area contributed by atoms with Crippen LogP contribution < -0.4 is 0 Å². The summed E-state index contributed by atoms with van der Waals surface area (Å²) in [6.45, 7) is 8.54. The average Bonchev–Trinajstić information content (AvgIpc) is 2.18. The Morgan fingerprint density at radius 2 is 1.73 bits per heavy atom. The van der Waals surface area contributed by atoms with Crippen LogP contribution in [0.3, 0.4) is 0 Å². The number of nitriles is 1. The Balaban J connectivity index is 3.88. The van der Waals surface area contributed by atoms with Crippen LogP contribution in [0.15, 0.2) is 0 Å². The molecule has 0 saturated heterocycles. The Hall–Kier alpha value is -0.630. The van der Waals surface area contributed by atoms with Gasteiger partial charge >= 0.3 is 0 Å². The molecule has 15 heavy (non-hydrogen) atoms. The van der Waals surface area contributed by atoms with Crippen molar-refractivity contribution in [2.24, 2.45) is 5.92 Å². The van der Waals surface area contributed by atoms with Gasteiger partial charge in [0.05, 0.1) is 12.0 Å². The van der Waals surface area contributed by atoms with Gasteiger partial charge < -0.3 is 14.4 Å². The van der Waals surface area contributed by atoms with Gasteiger partial charge in [-0.15, -0.1) is 0 Å². The van der Waals surface area contributed by atoms with Gasteiger partial charge in [0.25, 0.3) is 0 Å². The van der Waals surface area contributed by atoms with Gasteiger partial charge in [0.15, 0.2) is 6.29 Å². The molecule has 4 nitrogen and oxygen atoms in total. The largest absolute Gasteiger partial charge is 0.352 e. The molecule has 0 fully saturated rings. The molecule has 0 aromatic carbocycles. The molecule has 0 aromatic rings. The predicted octanol–water partition coefficient (Wildman–Crippen LogP) is 1.48. The van der Waals surface area contributed by atoms with E-state index in [4.69, 9.17) is 14.7 Å². The summed E-state index contributed by atoms with van der Waals surface area (Å²) in [5.74, 6) is 0.0407. The molecule has 0 heterocycles. The van der Waals surface area contributed by atoms with Gasteiger partial charge in [0.2, 0.25) is 0 Å². The first-order valence-electron chi connectivity index (χ1n) is 5.45. The molecule has 1 unspecified atom stereocenters. The first kappa shape index (κ1) is 14.4. The zero-order chi connectivity index (χ0) is 11.7. The average molecular weight is 214 g/mol. The normalized spacial score (nSPS) is 13.1. The molecule has 0 aliphatic heterocycles. The third kappa shape index (κ3) is 7.32. The lowest BCUT2D eigenvalue weighted by molar-refractivity contribution is -0.145. The topological polar surface area (TPSA) is 45.5 Å². The highest BCUT2D eigenvalue weighted by Gasteiger charge is 2.13. The molecule has 0 amide bonds. The fourth-order valence-corrected chi connectivity index (χ4v) is 1.36. The third-order valence-electron chi connectivity index (χ3n) is 1.97. The Bertz CT molecular complexity index is 186. The Morgan fingerprint density at radius 3 is 2.13 bits per heavy atom. The van der Waals surface area contributed by atoms with Gasteiger partial charge in [0, 0.05) is 26.3 Å². The van der Waals surface area contributed by atoms with Crippen LogP contribution in [0.25, 0.3) is 0 Å². The van der Waals surface area contributed by atoms with Crippen molar-refractivity contribution >= 4 is 0 Å². The molecular weight excluding hydrogens is 192 g/mol. The van der Waals surface area contributed by atoms with Crippen molar-refractivity contribution in [3.05, 3.63) is 0 Å². The highest BCUT2D eigenvalue weighted by molar-refractivity contribution is 4.80. The maximum absolute atomic E-state index is 8.69. The van der Waals surface area contributed by atoms with Gasteiger partial charge in [-0.25, -0.2) is 0 Å². The van der Waals surface area contributed by atoms with Crippen LogP contribution in [-0.2, 0) is 9.47 Å². The lowest BCUT2D eigenvalue weighted by Gasteiger charge is -2.24. The van der Waals surface area contributed by atoms with E-state index in [0.29, 0.717) is 19.8 Å². The molecule has 0 bridgehead atoms. The number of ether oxygens (including phenoxy) is 2. The summed E-state index contributed by atoms with van der Waals surface area (Å²) in [6, 6.07) is 2.21. The summed E-state index contributed by atoms with van der Waals surface area (Å²) in [4.78, 5) is 2.06. The van der Waals surface area contributed by atoms with Gasteiger partial charge in [-0.1, -0.05) is 0 Å². The zero-order valence-corrected chi connectivity index (χ0v) is 10.2. The number of hydrogen-bond acceptors (Lipinski definition) is 4. The van der Waals surface area contributed by atoms with Crippen molar-refractivity contribution in [3.63, 3.8) is 0 Å². The van der Waals surface area contributed by atoms with E-state index in [9.17, 15) is 0 Å². The molecule has 0 spiro atoms. The number of rotatable bonds is 8. The minimum Gasteiger partial charge on any atom is -0.352 e. The molecule has 0 aliphatic rings. The van der Waals surface area contributed by atoms with Gasteiger partial charge in [0.1, 0.15) is 0 Å². The van der Waals surface area contributed by atoms with Crippen molar-refractivity contribution in [3.8, 4) is 6.07 Å². The molecule has 0 aliphatic carbocycles. The molecule has 0 radical (unpaired) electrons. The second-order valence-corrected chi connectivity index (χ2v) is 3.59. The number of nitrogens with zero attached hydrogens (tertiary/aromatic N) is 2. The van der Waals surface area contributed by atoms with Gasteiger partial charge in [-0.05, 0) is 27.8 Å².